The van der Waals surface area contributed by atoms with E-state index in [-0.39, 0.29) is 6.10 Å². The van der Waals surface area contributed by atoms with Crippen molar-refractivity contribution in [2.45, 2.75) is 39.3 Å². The highest BCUT2D eigenvalue weighted by molar-refractivity contribution is 4.80. The van der Waals surface area contributed by atoms with Gasteiger partial charge in [-0.05, 0) is 27.2 Å². The number of hydrogen-bond donors (Lipinski definition) is 2. The fourth-order valence-electron chi connectivity index (χ4n) is 0.982. The van der Waals surface area contributed by atoms with Gasteiger partial charge in [-0.1, -0.05) is 12.2 Å². The lowest BCUT2D eigenvalue weighted by atomic mass is 10.1. The molecular formula is C9H19NO. The summed E-state index contributed by atoms with van der Waals surface area (Å²) in [4.78, 5) is 0. The van der Waals surface area contributed by atoms with Gasteiger partial charge in [0.1, 0.15) is 0 Å². The van der Waals surface area contributed by atoms with Gasteiger partial charge in [-0.15, -0.1) is 0 Å². The fraction of sp³-hybridized carbons (Fsp3) is 0.778. The van der Waals surface area contributed by atoms with Crippen molar-refractivity contribution in [1.29, 1.82) is 0 Å². The quantitative estimate of drug-likeness (QED) is 0.590. The van der Waals surface area contributed by atoms with Crippen LogP contribution in [0.2, 0.25) is 0 Å². The van der Waals surface area contributed by atoms with E-state index in [0.29, 0.717) is 6.04 Å². The third-order valence-corrected chi connectivity index (χ3v) is 1.51. The number of hydrogen-bond acceptors (Lipinski definition) is 2. The van der Waals surface area contributed by atoms with Crippen LogP contribution in [0.25, 0.3) is 0 Å². The largest absolute Gasteiger partial charge is 0.393 e. The highest BCUT2D eigenvalue weighted by Crippen LogP contribution is 1.95. The molecule has 0 spiro atoms. The minimum atomic E-state index is -0.205. The van der Waals surface area contributed by atoms with E-state index in [9.17, 15) is 0 Å². The maximum absolute atomic E-state index is 9.02. The lowest BCUT2D eigenvalue weighted by molar-refractivity contribution is 0.171. The number of nitrogens with one attached hydrogen (secondary N) is 1. The van der Waals surface area contributed by atoms with Gasteiger partial charge in [-0.3, -0.25) is 0 Å². The minimum Gasteiger partial charge on any atom is -0.393 e. The zero-order chi connectivity index (χ0) is 8.69. The van der Waals surface area contributed by atoms with Crippen molar-refractivity contribution >= 4 is 0 Å². The van der Waals surface area contributed by atoms with Gasteiger partial charge in [0.05, 0.1) is 6.10 Å². The molecule has 0 rings (SSSR count). The Morgan fingerprint density at radius 2 is 2.09 bits per heavy atom. The Balaban J connectivity index is 3.29. The molecule has 0 amide bonds. The molecule has 0 fully saturated rings. The van der Waals surface area contributed by atoms with Crippen molar-refractivity contribution in [3.05, 3.63) is 12.2 Å². The summed E-state index contributed by atoms with van der Waals surface area (Å²) in [5, 5.41) is 12.3. The highest BCUT2D eigenvalue weighted by Gasteiger charge is 2.02. The van der Waals surface area contributed by atoms with Gasteiger partial charge in [0.25, 0.3) is 0 Å². The Hall–Kier alpha value is -0.340. The van der Waals surface area contributed by atoms with E-state index in [1.165, 1.54) is 0 Å². The maximum Gasteiger partial charge on any atom is 0.0526 e. The topological polar surface area (TPSA) is 32.3 Å². The SMILES string of the molecule is C/C=C/CNC(C)CC(C)O. The molecule has 0 aromatic heterocycles. The molecule has 2 heteroatoms. The standard InChI is InChI=1S/C9H19NO/c1-4-5-6-10-8(2)7-9(3)11/h4-5,8-11H,6-7H2,1-3H3/b5-4+. The maximum atomic E-state index is 9.02. The summed E-state index contributed by atoms with van der Waals surface area (Å²) < 4.78 is 0. The van der Waals surface area contributed by atoms with E-state index in [2.05, 4.69) is 18.3 Å². The molecule has 2 nitrogen and oxygen atoms in total. The molecule has 0 bridgehead atoms. The Bertz CT molecular complexity index is 110. The second-order valence-corrected chi connectivity index (χ2v) is 2.96. The summed E-state index contributed by atoms with van der Waals surface area (Å²) in [5.41, 5.74) is 0. The number of rotatable bonds is 5. The highest BCUT2D eigenvalue weighted by atomic mass is 16.3. The molecule has 0 aromatic carbocycles. The van der Waals surface area contributed by atoms with Crippen LogP contribution in [-0.2, 0) is 0 Å². The van der Waals surface area contributed by atoms with E-state index < -0.39 is 0 Å². The Morgan fingerprint density at radius 3 is 2.55 bits per heavy atom. The van der Waals surface area contributed by atoms with Crippen LogP contribution in [0, 0.1) is 0 Å². The van der Waals surface area contributed by atoms with Crippen molar-refractivity contribution < 1.29 is 5.11 Å². The summed E-state index contributed by atoms with van der Waals surface area (Å²) in [6.07, 6.45) is 4.70. The first-order valence-corrected chi connectivity index (χ1v) is 4.19. The van der Waals surface area contributed by atoms with Crippen molar-refractivity contribution in [1.82, 2.24) is 5.32 Å². The third-order valence-electron chi connectivity index (χ3n) is 1.51. The summed E-state index contributed by atoms with van der Waals surface area (Å²) in [6.45, 7) is 6.79. The summed E-state index contributed by atoms with van der Waals surface area (Å²) >= 11 is 0. The smallest absolute Gasteiger partial charge is 0.0526 e. The molecule has 0 radical (unpaired) electrons. The monoisotopic (exact) mass is 157 g/mol. The summed E-state index contributed by atoms with van der Waals surface area (Å²) in [7, 11) is 0. The van der Waals surface area contributed by atoms with Crippen molar-refractivity contribution in [2.75, 3.05) is 6.54 Å². The van der Waals surface area contributed by atoms with Gasteiger partial charge >= 0.3 is 0 Å². The molecule has 0 saturated carbocycles. The van der Waals surface area contributed by atoms with Crippen LogP contribution in [0.1, 0.15) is 27.2 Å². The number of allylic oxidation sites excluding steroid dienone is 1. The first kappa shape index (κ1) is 10.7. The average molecular weight is 157 g/mol. The van der Waals surface area contributed by atoms with Crippen LogP contribution in [0.3, 0.4) is 0 Å². The summed E-state index contributed by atoms with van der Waals surface area (Å²) in [6, 6.07) is 0.395. The first-order valence-electron chi connectivity index (χ1n) is 4.19. The van der Waals surface area contributed by atoms with Crippen LogP contribution in [0.4, 0.5) is 0 Å². The van der Waals surface area contributed by atoms with E-state index in [1.54, 1.807) is 0 Å². The zero-order valence-electron chi connectivity index (χ0n) is 7.67. The predicted octanol–water partition coefficient (Wildman–Crippen LogP) is 1.31. The van der Waals surface area contributed by atoms with Gasteiger partial charge < -0.3 is 10.4 Å². The fourth-order valence-corrected chi connectivity index (χ4v) is 0.982. The molecule has 11 heavy (non-hydrogen) atoms. The van der Waals surface area contributed by atoms with Crippen molar-refractivity contribution in [2.24, 2.45) is 0 Å². The normalized spacial score (nSPS) is 17.1. The van der Waals surface area contributed by atoms with E-state index in [4.69, 9.17) is 5.11 Å². The predicted molar refractivity (Wildman–Crippen MR) is 48.6 cm³/mol. The zero-order valence-corrected chi connectivity index (χ0v) is 7.67. The molecule has 0 aliphatic rings. The molecule has 0 saturated heterocycles. The van der Waals surface area contributed by atoms with E-state index in [1.807, 2.05) is 19.9 Å². The number of aliphatic hydroxyl groups is 1. The number of aliphatic hydroxyl groups excluding tert-OH is 1. The van der Waals surface area contributed by atoms with Crippen molar-refractivity contribution in [3.63, 3.8) is 0 Å². The molecule has 66 valence electrons. The molecule has 2 atom stereocenters. The lowest BCUT2D eigenvalue weighted by Crippen LogP contribution is -2.29. The van der Waals surface area contributed by atoms with Gasteiger partial charge in [-0.25, -0.2) is 0 Å². The summed E-state index contributed by atoms with van der Waals surface area (Å²) in [5.74, 6) is 0. The molecular weight excluding hydrogens is 138 g/mol. The molecule has 2 unspecified atom stereocenters. The lowest BCUT2D eigenvalue weighted by Gasteiger charge is -2.13. The molecule has 0 aliphatic heterocycles. The van der Waals surface area contributed by atoms with Gasteiger partial charge in [0, 0.05) is 12.6 Å². The molecule has 0 heterocycles. The second-order valence-electron chi connectivity index (χ2n) is 2.96. The van der Waals surface area contributed by atoms with E-state index in [0.717, 1.165) is 13.0 Å². The Kier molecular flexibility index (Phi) is 6.18. The molecule has 0 aliphatic carbocycles. The molecule has 0 aromatic rings. The molecule has 2 N–H and O–H groups in total. The first-order chi connectivity index (χ1) is 5.16. The average Bonchev–Trinajstić information content (AvgIpc) is 1.86. The van der Waals surface area contributed by atoms with Gasteiger partial charge in [0.15, 0.2) is 0 Å². The van der Waals surface area contributed by atoms with Crippen LogP contribution in [0.15, 0.2) is 12.2 Å². The van der Waals surface area contributed by atoms with E-state index >= 15 is 0 Å². The van der Waals surface area contributed by atoms with Crippen LogP contribution in [0.5, 0.6) is 0 Å². The Morgan fingerprint density at radius 1 is 1.45 bits per heavy atom. The Labute approximate surface area is 69.3 Å². The van der Waals surface area contributed by atoms with Crippen LogP contribution in [-0.4, -0.2) is 23.8 Å². The van der Waals surface area contributed by atoms with Crippen LogP contribution < -0.4 is 5.32 Å². The van der Waals surface area contributed by atoms with Crippen molar-refractivity contribution in [3.8, 4) is 0 Å². The van der Waals surface area contributed by atoms with Crippen LogP contribution >= 0.6 is 0 Å². The minimum absolute atomic E-state index is 0.205. The van der Waals surface area contributed by atoms with Gasteiger partial charge in [-0.2, -0.15) is 0 Å². The second kappa shape index (κ2) is 6.38. The van der Waals surface area contributed by atoms with Gasteiger partial charge in [0.2, 0.25) is 0 Å². The third kappa shape index (κ3) is 7.56.